The van der Waals surface area contributed by atoms with Crippen molar-refractivity contribution in [3.8, 4) is 5.75 Å². The highest BCUT2D eigenvalue weighted by Gasteiger charge is 2.18. The first-order valence-corrected chi connectivity index (χ1v) is 10.4. The number of rotatable bonds is 6. The Morgan fingerprint density at radius 2 is 1.82 bits per heavy atom. The number of carbonyl (C=O) groups excluding carboxylic acids is 1. The normalized spacial score (nSPS) is 14.6. The zero-order chi connectivity index (χ0) is 19.9. The van der Waals surface area contributed by atoms with Gasteiger partial charge in [0.1, 0.15) is 10.7 Å². The number of para-hydroxylation sites is 1. The highest BCUT2D eigenvalue weighted by atomic mass is 32.1. The summed E-state index contributed by atoms with van der Waals surface area (Å²) in [4.78, 5) is 15.4. The molecule has 0 aliphatic carbocycles. The summed E-state index contributed by atoms with van der Waals surface area (Å²) in [5.74, 6) is 1.28. The molecule has 28 heavy (non-hydrogen) atoms. The van der Waals surface area contributed by atoms with Gasteiger partial charge in [-0.1, -0.05) is 44.3 Å². The Kier molecular flexibility index (Phi) is 7.04. The Morgan fingerprint density at radius 1 is 1.14 bits per heavy atom. The predicted octanol–water partition coefficient (Wildman–Crippen LogP) is 4.67. The summed E-state index contributed by atoms with van der Waals surface area (Å²) in [5.41, 5.74) is 2.98. The van der Waals surface area contributed by atoms with E-state index in [4.69, 9.17) is 17.0 Å². The summed E-state index contributed by atoms with van der Waals surface area (Å²) >= 11 is 5.65. The van der Waals surface area contributed by atoms with Crippen LogP contribution < -0.4 is 10.1 Å². The van der Waals surface area contributed by atoms with Crippen LogP contribution >= 0.6 is 12.2 Å². The molecule has 5 heteroatoms. The average molecular weight is 397 g/mol. The zero-order valence-corrected chi connectivity index (χ0v) is 17.4. The van der Waals surface area contributed by atoms with Crippen molar-refractivity contribution in [2.75, 3.05) is 25.0 Å². The van der Waals surface area contributed by atoms with E-state index >= 15 is 0 Å². The van der Waals surface area contributed by atoms with Crippen molar-refractivity contribution in [3.63, 3.8) is 0 Å². The molecule has 0 saturated carbocycles. The molecule has 1 N–H and O–H groups in total. The van der Waals surface area contributed by atoms with Crippen LogP contribution in [0.4, 0.5) is 5.69 Å². The number of hydrogen-bond acceptors (Lipinski definition) is 3. The number of nitrogens with zero attached hydrogens (tertiary/aromatic N) is 1. The van der Waals surface area contributed by atoms with E-state index < -0.39 is 0 Å². The first kappa shape index (κ1) is 20.3. The van der Waals surface area contributed by atoms with E-state index in [0.717, 1.165) is 47.2 Å². The Bertz CT molecular complexity index is 812. The van der Waals surface area contributed by atoms with Crippen molar-refractivity contribution in [1.82, 2.24) is 4.90 Å². The van der Waals surface area contributed by atoms with Gasteiger partial charge in [0.2, 0.25) is 0 Å². The lowest BCUT2D eigenvalue weighted by molar-refractivity contribution is -0.118. The maximum atomic E-state index is 12.2. The minimum Gasteiger partial charge on any atom is -0.484 e. The average Bonchev–Trinajstić information content (AvgIpc) is 2.73. The molecule has 3 rings (SSSR count). The van der Waals surface area contributed by atoms with E-state index in [1.54, 1.807) is 0 Å². The van der Waals surface area contributed by atoms with Gasteiger partial charge < -0.3 is 15.0 Å². The van der Waals surface area contributed by atoms with Gasteiger partial charge >= 0.3 is 0 Å². The molecule has 2 aromatic rings. The monoisotopic (exact) mass is 396 g/mol. The number of benzene rings is 2. The molecule has 2 aromatic carbocycles. The van der Waals surface area contributed by atoms with Crippen molar-refractivity contribution < 1.29 is 9.53 Å². The van der Waals surface area contributed by atoms with Gasteiger partial charge in [0, 0.05) is 24.3 Å². The molecule has 1 saturated heterocycles. The second kappa shape index (κ2) is 9.69. The van der Waals surface area contributed by atoms with Crippen molar-refractivity contribution in [3.05, 3.63) is 59.7 Å². The quantitative estimate of drug-likeness (QED) is 0.720. The lowest BCUT2D eigenvalue weighted by atomic mass is 9.99. The van der Waals surface area contributed by atoms with Crippen LogP contribution in [0.5, 0.6) is 5.75 Å². The molecule has 0 unspecified atom stereocenters. The molecule has 1 fully saturated rings. The van der Waals surface area contributed by atoms with E-state index in [1.165, 1.54) is 12.8 Å². The lowest BCUT2D eigenvalue weighted by Gasteiger charge is -2.32. The maximum absolute atomic E-state index is 12.2. The highest BCUT2D eigenvalue weighted by molar-refractivity contribution is 7.80. The van der Waals surface area contributed by atoms with Crippen LogP contribution in [0.2, 0.25) is 0 Å². The summed E-state index contributed by atoms with van der Waals surface area (Å²) in [6.07, 6.45) is 3.25. The minimum atomic E-state index is -0.164. The number of hydrogen-bond donors (Lipinski definition) is 1. The van der Waals surface area contributed by atoms with E-state index in [0.29, 0.717) is 5.75 Å². The molecule has 0 aromatic heterocycles. The van der Waals surface area contributed by atoms with Crippen molar-refractivity contribution in [2.24, 2.45) is 5.92 Å². The molecule has 0 bridgehead atoms. The number of amides is 1. The first-order valence-electron chi connectivity index (χ1n) is 9.96. The van der Waals surface area contributed by atoms with Crippen LogP contribution in [-0.4, -0.2) is 35.5 Å². The lowest BCUT2D eigenvalue weighted by Crippen LogP contribution is -2.37. The van der Waals surface area contributed by atoms with Crippen LogP contribution in [0, 0.1) is 5.92 Å². The number of ether oxygens (including phenoxy) is 1. The van der Waals surface area contributed by atoms with Crippen LogP contribution in [0.15, 0.2) is 48.5 Å². The highest BCUT2D eigenvalue weighted by Crippen LogP contribution is 2.20. The minimum absolute atomic E-state index is 0.0220. The van der Waals surface area contributed by atoms with Crippen molar-refractivity contribution in [2.45, 2.75) is 33.1 Å². The van der Waals surface area contributed by atoms with Gasteiger partial charge in [-0.3, -0.25) is 4.79 Å². The third-order valence-electron chi connectivity index (χ3n) is 5.21. The third-order valence-corrected chi connectivity index (χ3v) is 5.71. The van der Waals surface area contributed by atoms with Gasteiger partial charge in [0.25, 0.3) is 5.91 Å². The van der Waals surface area contributed by atoms with E-state index in [9.17, 15) is 4.79 Å². The van der Waals surface area contributed by atoms with Crippen molar-refractivity contribution >= 4 is 28.8 Å². The maximum Gasteiger partial charge on any atom is 0.262 e. The summed E-state index contributed by atoms with van der Waals surface area (Å²) in [7, 11) is 0. The third kappa shape index (κ3) is 5.32. The molecule has 148 valence electrons. The molecule has 1 aliphatic rings. The topological polar surface area (TPSA) is 41.6 Å². The van der Waals surface area contributed by atoms with Crippen LogP contribution in [0.25, 0.3) is 0 Å². The number of nitrogens with one attached hydrogen (secondary N) is 1. The number of thiocarbonyl (C=S) groups is 1. The Balaban J connectivity index is 1.51. The molecular weight excluding hydrogens is 368 g/mol. The Hall–Kier alpha value is -2.40. The first-order chi connectivity index (χ1) is 13.6. The van der Waals surface area contributed by atoms with E-state index in [-0.39, 0.29) is 12.5 Å². The predicted molar refractivity (Wildman–Crippen MR) is 118 cm³/mol. The largest absolute Gasteiger partial charge is 0.484 e. The number of piperidine rings is 1. The second-order valence-corrected chi connectivity index (χ2v) is 7.73. The molecule has 1 heterocycles. The molecule has 0 atom stereocenters. The fraction of sp³-hybridized carbons (Fsp3) is 0.391. The van der Waals surface area contributed by atoms with E-state index in [2.05, 4.69) is 24.1 Å². The number of aryl methyl sites for hydroxylation is 1. The fourth-order valence-electron chi connectivity index (χ4n) is 3.37. The number of likely N-dealkylation sites (tertiary alicyclic amines) is 1. The van der Waals surface area contributed by atoms with E-state index in [1.807, 2.05) is 48.5 Å². The summed E-state index contributed by atoms with van der Waals surface area (Å²) in [6, 6.07) is 15.5. The van der Waals surface area contributed by atoms with Gasteiger partial charge in [0.05, 0.1) is 0 Å². The van der Waals surface area contributed by atoms with Gasteiger partial charge in [-0.15, -0.1) is 0 Å². The second-order valence-electron chi connectivity index (χ2n) is 7.35. The van der Waals surface area contributed by atoms with Gasteiger partial charge in [-0.2, -0.15) is 0 Å². The molecule has 1 aliphatic heterocycles. The van der Waals surface area contributed by atoms with Crippen molar-refractivity contribution in [1.29, 1.82) is 0 Å². The van der Waals surface area contributed by atoms with Gasteiger partial charge in [-0.25, -0.2) is 0 Å². The molecular formula is C23H28N2O2S. The smallest absolute Gasteiger partial charge is 0.262 e. The summed E-state index contributed by atoms with van der Waals surface area (Å²) in [6.45, 7) is 6.39. The van der Waals surface area contributed by atoms with Crippen LogP contribution in [0.1, 0.15) is 37.8 Å². The van der Waals surface area contributed by atoms with Crippen LogP contribution in [-0.2, 0) is 11.2 Å². The molecule has 1 amide bonds. The summed E-state index contributed by atoms with van der Waals surface area (Å²) < 4.78 is 5.64. The number of anilines is 1. The van der Waals surface area contributed by atoms with Crippen LogP contribution in [0.3, 0.4) is 0 Å². The fourth-order valence-corrected chi connectivity index (χ4v) is 3.69. The number of carbonyl (C=O) groups is 1. The van der Waals surface area contributed by atoms with Gasteiger partial charge in [0.15, 0.2) is 6.61 Å². The standard InChI is InChI=1S/C23H28N2O2S/c1-3-18-6-4-5-7-21(18)24-22(26)16-27-20-10-8-19(9-11-20)23(28)25-14-12-17(2)13-15-25/h4-11,17H,3,12-16H2,1-2H3,(H,24,26). The molecule has 0 spiro atoms. The summed E-state index contributed by atoms with van der Waals surface area (Å²) in [5, 5.41) is 2.92. The SMILES string of the molecule is CCc1ccccc1NC(=O)COc1ccc(C(=S)N2CCC(C)CC2)cc1. The molecule has 4 nitrogen and oxygen atoms in total. The zero-order valence-electron chi connectivity index (χ0n) is 16.6. The Morgan fingerprint density at radius 3 is 2.50 bits per heavy atom. The van der Waals surface area contributed by atoms with Gasteiger partial charge in [-0.05, 0) is 61.1 Å². The molecule has 0 radical (unpaired) electrons. The Labute approximate surface area is 172 Å².